The minimum absolute atomic E-state index is 0. The normalized spacial score (nSPS) is 23.4. The summed E-state index contributed by atoms with van der Waals surface area (Å²) in [7, 11) is 0. The first-order valence-electron chi connectivity index (χ1n) is 2.91. The molecule has 58 valence electrons. The van der Waals surface area contributed by atoms with Crippen LogP contribution in [0, 0.1) is 5.92 Å². The Bertz CT molecular complexity index is 147. The summed E-state index contributed by atoms with van der Waals surface area (Å²) in [5.74, 6) is -1.07. The van der Waals surface area contributed by atoms with Gasteiger partial charge < -0.3 is 10.4 Å². The number of carbonyl (C=O) groups is 1. The zero-order chi connectivity index (χ0) is 6.69. The van der Waals surface area contributed by atoms with Crippen molar-refractivity contribution >= 4 is 18.4 Å². The summed E-state index contributed by atoms with van der Waals surface area (Å²) < 4.78 is 0. The average molecular weight is 164 g/mol. The van der Waals surface area contributed by atoms with E-state index in [-0.39, 0.29) is 18.3 Å². The fourth-order valence-electron chi connectivity index (χ4n) is 0.792. The monoisotopic (exact) mass is 163 g/mol. The highest BCUT2D eigenvalue weighted by atomic mass is 35.5. The fourth-order valence-corrected chi connectivity index (χ4v) is 0.792. The van der Waals surface area contributed by atoms with E-state index in [9.17, 15) is 4.79 Å². The largest absolute Gasteiger partial charge is 0.481 e. The van der Waals surface area contributed by atoms with Gasteiger partial charge in [0.1, 0.15) is 0 Å². The van der Waals surface area contributed by atoms with Crippen LogP contribution < -0.4 is 5.32 Å². The zero-order valence-electron chi connectivity index (χ0n) is 5.41. The Morgan fingerprint density at radius 2 is 2.40 bits per heavy atom. The summed E-state index contributed by atoms with van der Waals surface area (Å²) in [6, 6.07) is 0. The van der Waals surface area contributed by atoms with Crippen molar-refractivity contribution in [2.75, 3.05) is 13.1 Å². The van der Waals surface area contributed by atoms with E-state index < -0.39 is 5.97 Å². The van der Waals surface area contributed by atoms with E-state index >= 15 is 0 Å². The molecule has 4 heteroatoms. The molecule has 1 heterocycles. The molecule has 1 aliphatic heterocycles. The van der Waals surface area contributed by atoms with Gasteiger partial charge in [0, 0.05) is 13.1 Å². The predicted octanol–water partition coefficient (Wildman–Crippen LogP) is 0.268. The van der Waals surface area contributed by atoms with Gasteiger partial charge in [-0.1, -0.05) is 12.2 Å². The molecule has 1 unspecified atom stereocenters. The van der Waals surface area contributed by atoms with Gasteiger partial charge in [0.2, 0.25) is 0 Å². The second-order valence-electron chi connectivity index (χ2n) is 2.03. The Morgan fingerprint density at radius 3 is 2.70 bits per heavy atom. The molecule has 0 radical (unpaired) electrons. The van der Waals surface area contributed by atoms with Crippen molar-refractivity contribution in [1.82, 2.24) is 5.32 Å². The number of aliphatic carboxylic acids is 1. The topological polar surface area (TPSA) is 49.3 Å². The SMILES string of the molecule is Cl.O=C(O)C1C=CCNC1. The zero-order valence-corrected chi connectivity index (χ0v) is 6.23. The third kappa shape index (κ3) is 2.37. The van der Waals surface area contributed by atoms with Gasteiger partial charge in [-0.25, -0.2) is 0 Å². The number of halogens is 1. The van der Waals surface area contributed by atoms with Crippen LogP contribution in [0.15, 0.2) is 12.2 Å². The molecule has 1 aliphatic rings. The molecule has 0 fully saturated rings. The minimum atomic E-state index is -0.751. The van der Waals surface area contributed by atoms with Crippen molar-refractivity contribution in [3.8, 4) is 0 Å². The number of hydrogen-bond donors (Lipinski definition) is 2. The summed E-state index contributed by atoms with van der Waals surface area (Å²) >= 11 is 0. The van der Waals surface area contributed by atoms with Crippen LogP contribution in [0.1, 0.15) is 0 Å². The molecule has 0 amide bonds. The second-order valence-corrected chi connectivity index (χ2v) is 2.03. The molecule has 10 heavy (non-hydrogen) atoms. The van der Waals surface area contributed by atoms with E-state index in [0.717, 1.165) is 6.54 Å². The average Bonchev–Trinajstić information content (AvgIpc) is 1.90. The first kappa shape index (κ1) is 9.46. The molecule has 2 N–H and O–H groups in total. The quantitative estimate of drug-likeness (QED) is 0.546. The van der Waals surface area contributed by atoms with E-state index in [0.29, 0.717) is 6.54 Å². The number of nitrogens with one attached hydrogen (secondary N) is 1. The molecule has 0 bridgehead atoms. The van der Waals surface area contributed by atoms with Gasteiger partial charge in [-0.3, -0.25) is 4.79 Å². The summed E-state index contributed by atoms with van der Waals surface area (Å²) in [6.45, 7) is 1.36. The third-order valence-electron chi connectivity index (χ3n) is 1.31. The Kier molecular flexibility index (Phi) is 4.07. The lowest BCUT2D eigenvalue weighted by molar-refractivity contribution is -0.140. The summed E-state index contributed by atoms with van der Waals surface area (Å²) in [6.07, 6.45) is 3.56. The standard InChI is InChI=1S/C6H9NO2.ClH/c8-6(9)5-2-1-3-7-4-5;/h1-2,5,7H,3-4H2,(H,8,9);1H. The Hall–Kier alpha value is -0.540. The molecule has 0 spiro atoms. The van der Waals surface area contributed by atoms with Gasteiger partial charge >= 0.3 is 5.97 Å². The van der Waals surface area contributed by atoms with Crippen LogP contribution in [0.5, 0.6) is 0 Å². The molecule has 0 aliphatic carbocycles. The lowest BCUT2D eigenvalue weighted by atomic mass is 10.1. The molecule has 0 saturated carbocycles. The van der Waals surface area contributed by atoms with Crippen molar-refractivity contribution in [2.24, 2.45) is 5.92 Å². The van der Waals surface area contributed by atoms with Crippen LogP contribution in [0.4, 0.5) is 0 Å². The van der Waals surface area contributed by atoms with E-state index in [1.165, 1.54) is 0 Å². The maximum absolute atomic E-state index is 10.3. The predicted molar refractivity (Wildman–Crippen MR) is 40.4 cm³/mol. The van der Waals surface area contributed by atoms with Crippen molar-refractivity contribution in [3.63, 3.8) is 0 Å². The number of rotatable bonds is 1. The van der Waals surface area contributed by atoms with Crippen molar-refractivity contribution in [3.05, 3.63) is 12.2 Å². The maximum Gasteiger partial charge on any atom is 0.311 e. The summed E-state index contributed by atoms with van der Waals surface area (Å²) in [4.78, 5) is 10.3. The molecule has 0 aromatic carbocycles. The fraction of sp³-hybridized carbons (Fsp3) is 0.500. The van der Waals surface area contributed by atoms with Gasteiger partial charge in [-0.2, -0.15) is 0 Å². The highest BCUT2D eigenvalue weighted by Crippen LogP contribution is 2.00. The van der Waals surface area contributed by atoms with E-state index in [4.69, 9.17) is 5.11 Å². The van der Waals surface area contributed by atoms with Crippen LogP contribution >= 0.6 is 12.4 Å². The molecular formula is C6H10ClNO2. The first-order valence-corrected chi connectivity index (χ1v) is 2.91. The van der Waals surface area contributed by atoms with Gasteiger partial charge in [-0.05, 0) is 0 Å². The second kappa shape index (κ2) is 4.30. The number of carboxylic acid groups (broad SMARTS) is 1. The molecule has 0 saturated heterocycles. The Morgan fingerprint density at radius 1 is 1.70 bits per heavy atom. The van der Waals surface area contributed by atoms with Gasteiger partial charge in [-0.15, -0.1) is 12.4 Å². The van der Waals surface area contributed by atoms with Crippen molar-refractivity contribution < 1.29 is 9.90 Å². The maximum atomic E-state index is 10.3. The van der Waals surface area contributed by atoms with Gasteiger partial charge in [0.15, 0.2) is 0 Å². The minimum Gasteiger partial charge on any atom is -0.481 e. The Balaban J connectivity index is 0.000000810. The number of carboxylic acids is 1. The summed E-state index contributed by atoms with van der Waals surface area (Å²) in [5, 5.41) is 11.4. The van der Waals surface area contributed by atoms with Crippen LogP contribution in [-0.2, 0) is 4.79 Å². The highest BCUT2D eigenvalue weighted by Gasteiger charge is 2.14. The smallest absolute Gasteiger partial charge is 0.311 e. The van der Waals surface area contributed by atoms with E-state index in [1.807, 2.05) is 6.08 Å². The van der Waals surface area contributed by atoms with Gasteiger partial charge in [0.25, 0.3) is 0 Å². The van der Waals surface area contributed by atoms with Crippen LogP contribution in [0.25, 0.3) is 0 Å². The molecule has 1 rings (SSSR count). The van der Waals surface area contributed by atoms with Crippen molar-refractivity contribution in [2.45, 2.75) is 0 Å². The van der Waals surface area contributed by atoms with Crippen LogP contribution in [0.3, 0.4) is 0 Å². The van der Waals surface area contributed by atoms with E-state index in [2.05, 4.69) is 5.32 Å². The summed E-state index contributed by atoms with van der Waals surface area (Å²) in [5.41, 5.74) is 0. The van der Waals surface area contributed by atoms with Crippen molar-refractivity contribution in [1.29, 1.82) is 0 Å². The van der Waals surface area contributed by atoms with Gasteiger partial charge in [0.05, 0.1) is 5.92 Å². The molecule has 1 atom stereocenters. The van der Waals surface area contributed by atoms with Crippen LogP contribution in [0.2, 0.25) is 0 Å². The lowest BCUT2D eigenvalue weighted by Crippen LogP contribution is -2.30. The molecular weight excluding hydrogens is 154 g/mol. The van der Waals surface area contributed by atoms with Crippen LogP contribution in [-0.4, -0.2) is 24.2 Å². The van der Waals surface area contributed by atoms with E-state index in [1.54, 1.807) is 6.08 Å². The first-order chi connectivity index (χ1) is 4.30. The number of hydrogen-bond acceptors (Lipinski definition) is 2. The molecule has 3 nitrogen and oxygen atoms in total. The lowest BCUT2D eigenvalue weighted by Gasteiger charge is -2.11. The third-order valence-corrected chi connectivity index (χ3v) is 1.31. The highest BCUT2D eigenvalue weighted by molar-refractivity contribution is 5.85. The molecule has 0 aromatic rings. The Labute approximate surface area is 65.5 Å². The molecule has 0 aromatic heterocycles.